The molecule has 0 saturated carbocycles. The fourth-order valence-electron chi connectivity index (χ4n) is 1.14. The number of nitrogens with zero attached hydrogens (tertiary/aromatic N) is 1. The number of hydrogen-bond acceptors (Lipinski definition) is 2. The summed E-state index contributed by atoms with van der Waals surface area (Å²) in [5.41, 5.74) is 4.57. The summed E-state index contributed by atoms with van der Waals surface area (Å²) in [6.07, 6.45) is -5.88. The van der Waals surface area contributed by atoms with E-state index in [9.17, 15) is 26.7 Å². The Morgan fingerprint density at radius 1 is 1.18 bits per heavy atom. The number of carbonyl (C=O) groups excluding carboxylic acids is 1. The molecule has 0 aliphatic carbocycles. The molecule has 0 aromatic heterocycles. The van der Waals surface area contributed by atoms with Crippen molar-refractivity contribution >= 4 is 5.91 Å². The van der Waals surface area contributed by atoms with E-state index in [1.807, 2.05) is 0 Å². The Bertz CT molecular complexity index is 288. The number of nitrogens with two attached hydrogens (primary N) is 1. The van der Waals surface area contributed by atoms with Crippen molar-refractivity contribution in [2.24, 2.45) is 11.1 Å². The molecule has 0 fully saturated rings. The Kier molecular flexibility index (Phi) is 4.50. The molecule has 1 amide bonds. The van der Waals surface area contributed by atoms with Crippen molar-refractivity contribution in [3.8, 4) is 0 Å². The molecule has 0 atom stereocenters. The van der Waals surface area contributed by atoms with Crippen LogP contribution in [0.15, 0.2) is 0 Å². The molecule has 102 valence electrons. The van der Waals surface area contributed by atoms with Gasteiger partial charge in [-0.1, -0.05) is 13.8 Å². The Morgan fingerprint density at radius 2 is 1.59 bits per heavy atom. The molecule has 0 aliphatic heterocycles. The molecule has 0 spiro atoms. The summed E-state index contributed by atoms with van der Waals surface area (Å²) in [5, 5.41) is 0. The van der Waals surface area contributed by atoms with Crippen LogP contribution in [0.5, 0.6) is 0 Å². The number of alkyl halides is 5. The van der Waals surface area contributed by atoms with Crippen LogP contribution >= 0.6 is 0 Å². The first-order chi connectivity index (χ1) is 7.35. The highest BCUT2D eigenvalue weighted by molar-refractivity contribution is 5.84. The molecule has 0 saturated heterocycles. The fourth-order valence-corrected chi connectivity index (χ4v) is 1.14. The summed E-state index contributed by atoms with van der Waals surface area (Å²) in [7, 11) is 0.888. The highest BCUT2D eigenvalue weighted by Crippen LogP contribution is 2.37. The zero-order valence-electron chi connectivity index (χ0n) is 9.74. The minimum absolute atomic E-state index is 0.0577. The van der Waals surface area contributed by atoms with Gasteiger partial charge in [-0.3, -0.25) is 4.79 Å². The number of carbonyl (C=O) groups is 1. The Morgan fingerprint density at radius 3 is 1.88 bits per heavy atom. The molecule has 17 heavy (non-hydrogen) atoms. The van der Waals surface area contributed by atoms with Crippen LogP contribution in [0, 0.1) is 5.41 Å². The van der Waals surface area contributed by atoms with E-state index in [-0.39, 0.29) is 13.1 Å². The molecule has 2 N–H and O–H groups in total. The van der Waals surface area contributed by atoms with Crippen molar-refractivity contribution in [3.63, 3.8) is 0 Å². The van der Waals surface area contributed by atoms with Gasteiger partial charge in [0, 0.05) is 13.6 Å². The first-order valence-corrected chi connectivity index (χ1v) is 4.75. The van der Waals surface area contributed by atoms with Gasteiger partial charge in [0.25, 0.3) is 0 Å². The number of hydrogen-bond donors (Lipinski definition) is 1. The molecule has 0 unspecified atom stereocenters. The van der Waals surface area contributed by atoms with Crippen LogP contribution in [0.1, 0.15) is 13.8 Å². The van der Waals surface area contributed by atoms with Crippen LogP contribution < -0.4 is 5.73 Å². The van der Waals surface area contributed by atoms with Crippen LogP contribution in [0.4, 0.5) is 22.0 Å². The first kappa shape index (κ1) is 16.1. The van der Waals surface area contributed by atoms with E-state index in [0.717, 1.165) is 7.05 Å². The van der Waals surface area contributed by atoms with E-state index in [0.29, 0.717) is 4.90 Å². The highest BCUT2D eigenvalue weighted by atomic mass is 19.4. The number of amides is 1. The van der Waals surface area contributed by atoms with Gasteiger partial charge >= 0.3 is 18.0 Å². The zero-order chi connectivity index (χ0) is 14.1. The summed E-state index contributed by atoms with van der Waals surface area (Å²) < 4.78 is 61.2. The van der Waals surface area contributed by atoms with E-state index in [1.165, 1.54) is 0 Å². The molecule has 0 aromatic carbocycles. The molecule has 0 aliphatic rings. The van der Waals surface area contributed by atoms with Gasteiger partial charge in [-0.2, -0.15) is 22.0 Å². The molecule has 0 rings (SSSR count). The van der Waals surface area contributed by atoms with E-state index in [4.69, 9.17) is 5.73 Å². The lowest BCUT2D eigenvalue weighted by Crippen LogP contribution is -2.53. The van der Waals surface area contributed by atoms with Crippen LogP contribution in [0.25, 0.3) is 0 Å². The van der Waals surface area contributed by atoms with Gasteiger partial charge in [0.2, 0.25) is 0 Å². The summed E-state index contributed by atoms with van der Waals surface area (Å²) in [4.78, 5) is 11.4. The van der Waals surface area contributed by atoms with Crippen molar-refractivity contribution in [2.45, 2.75) is 25.9 Å². The smallest absolute Gasteiger partial charge is 0.340 e. The van der Waals surface area contributed by atoms with Crippen molar-refractivity contribution in [1.82, 2.24) is 4.90 Å². The third kappa shape index (κ3) is 3.79. The lowest BCUT2D eigenvalue weighted by atomic mass is 9.93. The maximum atomic E-state index is 12.7. The summed E-state index contributed by atoms with van der Waals surface area (Å²) in [5.74, 6) is -7.64. The van der Waals surface area contributed by atoms with Gasteiger partial charge in [-0.05, 0) is 12.0 Å². The van der Waals surface area contributed by atoms with E-state index >= 15 is 0 Å². The molecule has 0 heterocycles. The second-order valence-electron chi connectivity index (χ2n) is 4.60. The molecule has 8 heteroatoms. The predicted molar refractivity (Wildman–Crippen MR) is 51.5 cm³/mol. The second kappa shape index (κ2) is 4.75. The van der Waals surface area contributed by atoms with Gasteiger partial charge in [0.1, 0.15) is 0 Å². The average molecular weight is 262 g/mol. The lowest BCUT2D eigenvalue weighted by Gasteiger charge is -2.31. The average Bonchev–Trinajstić information content (AvgIpc) is 2.14. The monoisotopic (exact) mass is 262 g/mol. The van der Waals surface area contributed by atoms with Gasteiger partial charge in [-0.15, -0.1) is 0 Å². The SMILES string of the molecule is CN(CC(C)(C)CN)C(=O)C(F)(F)C(F)(F)F. The van der Waals surface area contributed by atoms with Crippen LogP contribution in [0.3, 0.4) is 0 Å². The maximum Gasteiger partial charge on any atom is 0.463 e. The Balaban J connectivity index is 4.84. The zero-order valence-corrected chi connectivity index (χ0v) is 9.74. The van der Waals surface area contributed by atoms with Crippen LogP contribution in [-0.2, 0) is 4.79 Å². The Hall–Kier alpha value is -0.920. The normalized spacial score (nSPS) is 13.7. The lowest BCUT2D eigenvalue weighted by molar-refractivity contribution is -0.274. The third-order valence-electron chi connectivity index (χ3n) is 2.19. The van der Waals surface area contributed by atoms with Crippen molar-refractivity contribution in [1.29, 1.82) is 0 Å². The van der Waals surface area contributed by atoms with Gasteiger partial charge < -0.3 is 10.6 Å². The summed E-state index contributed by atoms with van der Waals surface area (Å²) in [6.45, 7) is 2.89. The quantitative estimate of drug-likeness (QED) is 0.783. The molecule has 3 nitrogen and oxygen atoms in total. The molecule has 0 aromatic rings. The van der Waals surface area contributed by atoms with Gasteiger partial charge in [0.15, 0.2) is 0 Å². The van der Waals surface area contributed by atoms with Crippen LogP contribution in [0.2, 0.25) is 0 Å². The van der Waals surface area contributed by atoms with E-state index in [2.05, 4.69) is 0 Å². The topological polar surface area (TPSA) is 46.3 Å². The summed E-state index contributed by atoms with van der Waals surface area (Å²) >= 11 is 0. The molecular weight excluding hydrogens is 247 g/mol. The van der Waals surface area contributed by atoms with Crippen molar-refractivity contribution < 1.29 is 26.7 Å². The van der Waals surface area contributed by atoms with E-state index in [1.54, 1.807) is 13.8 Å². The molecule has 0 radical (unpaired) electrons. The second-order valence-corrected chi connectivity index (χ2v) is 4.60. The largest absolute Gasteiger partial charge is 0.463 e. The van der Waals surface area contributed by atoms with Crippen molar-refractivity contribution in [2.75, 3.05) is 20.1 Å². The van der Waals surface area contributed by atoms with Crippen LogP contribution in [-0.4, -0.2) is 43.0 Å². The molecule has 0 bridgehead atoms. The molecular formula is C9H15F5N2O. The van der Waals surface area contributed by atoms with E-state index < -0.39 is 23.4 Å². The van der Waals surface area contributed by atoms with Crippen molar-refractivity contribution in [3.05, 3.63) is 0 Å². The number of halogens is 5. The third-order valence-corrected chi connectivity index (χ3v) is 2.19. The Labute approximate surface area is 95.7 Å². The highest BCUT2D eigenvalue weighted by Gasteiger charge is 2.64. The van der Waals surface area contributed by atoms with Gasteiger partial charge in [-0.25, -0.2) is 0 Å². The minimum atomic E-state index is -5.88. The van der Waals surface area contributed by atoms with Gasteiger partial charge in [0.05, 0.1) is 0 Å². The minimum Gasteiger partial charge on any atom is -0.340 e. The standard InChI is InChI=1S/C9H15F5N2O/c1-7(2,4-15)5-16(3)6(17)8(10,11)9(12,13)14/h4-5,15H2,1-3H3. The summed E-state index contributed by atoms with van der Waals surface area (Å²) in [6, 6.07) is 0. The fraction of sp³-hybridized carbons (Fsp3) is 0.889. The predicted octanol–water partition coefficient (Wildman–Crippen LogP) is 1.63. The number of rotatable bonds is 4. The first-order valence-electron chi connectivity index (χ1n) is 4.75. The maximum absolute atomic E-state index is 12.7.